The predicted molar refractivity (Wildman–Crippen MR) is 55.0 cm³/mol. The lowest BCUT2D eigenvalue weighted by Crippen LogP contribution is -2.13. The van der Waals surface area contributed by atoms with Gasteiger partial charge in [0.2, 0.25) is 0 Å². The lowest BCUT2D eigenvalue weighted by Gasteiger charge is -2.03. The number of carbonyl (C=O) groups is 1. The predicted octanol–water partition coefficient (Wildman–Crippen LogP) is 1.22. The van der Waals surface area contributed by atoms with Crippen LogP contribution in [0.4, 0.5) is 0 Å². The van der Waals surface area contributed by atoms with E-state index in [0.717, 1.165) is 0 Å². The molecule has 0 aromatic carbocycles. The van der Waals surface area contributed by atoms with E-state index in [4.69, 9.17) is 4.74 Å². The van der Waals surface area contributed by atoms with Crippen LogP contribution in [-0.2, 0) is 4.79 Å². The Morgan fingerprint density at radius 1 is 1.33 bits per heavy atom. The van der Waals surface area contributed by atoms with Gasteiger partial charge < -0.3 is 4.74 Å². The number of aromatic nitrogens is 1. The molecule has 2 heterocycles. The number of rotatable bonds is 1. The SMILES string of the molecule is CC(=O)Oc1cc(=O)n2ccccc2c1. The lowest BCUT2D eigenvalue weighted by molar-refractivity contribution is -0.131. The molecule has 0 aliphatic carbocycles. The Hall–Kier alpha value is -2.10. The Kier molecular flexibility index (Phi) is 2.25. The van der Waals surface area contributed by atoms with E-state index < -0.39 is 5.97 Å². The molecule has 76 valence electrons. The zero-order valence-electron chi connectivity index (χ0n) is 8.14. The molecule has 0 amide bonds. The van der Waals surface area contributed by atoms with Crippen molar-refractivity contribution in [3.63, 3.8) is 0 Å². The summed E-state index contributed by atoms with van der Waals surface area (Å²) in [5.41, 5.74) is 0.477. The Morgan fingerprint density at radius 3 is 2.87 bits per heavy atom. The van der Waals surface area contributed by atoms with Crippen LogP contribution in [0.3, 0.4) is 0 Å². The summed E-state index contributed by atoms with van der Waals surface area (Å²) in [6.07, 6.45) is 1.66. The van der Waals surface area contributed by atoms with Crippen LogP contribution in [0.1, 0.15) is 6.92 Å². The highest BCUT2D eigenvalue weighted by Crippen LogP contribution is 2.11. The first-order chi connectivity index (χ1) is 7.16. The minimum Gasteiger partial charge on any atom is -0.426 e. The van der Waals surface area contributed by atoms with E-state index in [1.54, 1.807) is 24.4 Å². The highest BCUT2D eigenvalue weighted by molar-refractivity contribution is 5.70. The molecular formula is C11H9NO3. The lowest BCUT2D eigenvalue weighted by atomic mass is 10.3. The van der Waals surface area contributed by atoms with E-state index >= 15 is 0 Å². The van der Waals surface area contributed by atoms with Crippen molar-refractivity contribution in [1.29, 1.82) is 0 Å². The van der Waals surface area contributed by atoms with Crippen LogP contribution in [0.5, 0.6) is 5.75 Å². The van der Waals surface area contributed by atoms with Crippen LogP contribution < -0.4 is 10.3 Å². The number of esters is 1. The Balaban J connectivity index is 2.62. The normalized spacial score (nSPS) is 10.2. The van der Waals surface area contributed by atoms with Crippen LogP contribution in [-0.4, -0.2) is 10.4 Å². The van der Waals surface area contributed by atoms with Gasteiger partial charge in [-0.25, -0.2) is 0 Å². The number of hydrogen-bond donors (Lipinski definition) is 0. The summed E-state index contributed by atoms with van der Waals surface area (Å²) < 4.78 is 6.33. The zero-order valence-corrected chi connectivity index (χ0v) is 8.14. The van der Waals surface area contributed by atoms with Crippen LogP contribution in [0.2, 0.25) is 0 Å². The Morgan fingerprint density at radius 2 is 2.13 bits per heavy atom. The van der Waals surface area contributed by atoms with E-state index in [0.29, 0.717) is 5.52 Å². The quantitative estimate of drug-likeness (QED) is 0.655. The average molecular weight is 203 g/mol. The maximum absolute atomic E-state index is 11.6. The molecule has 15 heavy (non-hydrogen) atoms. The summed E-state index contributed by atoms with van der Waals surface area (Å²) in [5.74, 6) is -0.159. The number of nitrogens with zero attached hydrogens (tertiary/aromatic N) is 1. The van der Waals surface area contributed by atoms with E-state index in [2.05, 4.69) is 0 Å². The van der Waals surface area contributed by atoms with Crippen molar-refractivity contribution in [1.82, 2.24) is 4.40 Å². The number of fused-ring (bicyclic) bond motifs is 1. The number of ether oxygens (including phenoxy) is 1. The van der Waals surface area contributed by atoms with Gasteiger partial charge in [0.15, 0.2) is 0 Å². The highest BCUT2D eigenvalue weighted by Gasteiger charge is 2.02. The average Bonchev–Trinajstić information content (AvgIpc) is 2.16. The minimum atomic E-state index is -0.435. The number of carbonyl (C=O) groups excluding carboxylic acids is 1. The molecule has 0 fully saturated rings. The third-order valence-electron chi connectivity index (χ3n) is 1.95. The molecule has 0 aliphatic rings. The van der Waals surface area contributed by atoms with Gasteiger partial charge in [0, 0.05) is 25.3 Å². The van der Waals surface area contributed by atoms with Crippen molar-refractivity contribution in [2.45, 2.75) is 6.92 Å². The zero-order chi connectivity index (χ0) is 10.8. The third kappa shape index (κ3) is 1.88. The minimum absolute atomic E-state index is 0.218. The molecule has 4 nitrogen and oxygen atoms in total. The van der Waals surface area contributed by atoms with Crippen molar-refractivity contribution in [2.24, 2.45) is 0 Å². The smallest absolute Gasteiger partial charge is 0.308 e. The van der Waals surface area contributed by atoms with Gasteiger partial charge in [-0.3, -0.25) is 14.0 Å². The fraction of sp³-hybridized carbons (Fsp3) is 0.0909. The second-order valence-corrected chi connectivity index (χ2v) is 3.12. The molecule has 4 heteroatoms. The Bertz CT molecular complexity index is 571. The van der Waals surface area contributed by atoms with Gasteiger partial charge in [-0.1, -0.05) is 6.07 Å². The second kappa shape index (κ2) is 3.57. The van der Waals surface area contributed by atoms with Crippen LogP contribution in [0.15, 0.2) is 41.3 Å². The van der Waals surface area contributed by atoms with E-state index in [1.807, 2.05) is 6.07 Å². The van der Waals surface area contributed by atoms with Gasteiger partial charge in [-0.2, -0.15) is 0 Å². The fourth-order valence-corrected chi connectivity index (χ4v) is 1.38. The molecule has 0 bridgehead atoms. The van der Waals surface area contributed by atoms with E-state index in [9.17, 15) is 9.59 Å². The van der Waals surface area contributed by atoms with Gasteiger partial charge in [0.05, 0.1) is 5.52 Å². The molecule has 0 unspecified atom stereocenters. The molecule has 0 aliphatic heterocycles. The molecule has 0 radical (unpaired) electrons. The summed E-state index contributed by atoms with van der Waals surface area (Å²) in [6.45, 7) is 1.30. The fourth-order valence-electron chi connectivity index (χ4n) is 1.38. The first-order valence-electron chi connectivity index (χ1n) is 4.47. The molecule has 2 rings (SSSR count). The highest BCUT2D eigenvalue weighted by atomic mass is 16.5. The molecule has 0 saturated heterocycles. The van der Waals surface area contributed by atoms with Crippen molar-refractivity contribution in [3.05, 3.63) is 46.9 Å². The monoisotopic (exact) mass is 203 g/mol. The van der Waals surface area contributed by atoms with Gasteiger partial charge in [-0.15, -0.1) is 0 Å². The van der Waals surface area contributed by atoms with Crippen LogP contribution in [0, 0.1) is 0 Å². The van der Waals surface area contributed by atoms with Crippen LogP contribution in [0.25, 0.3) is 5.52 Å². The van der Waals surface area contributed by atoms with Gasteiger partial charge in [0.25, 0.3) is 5.56 Å². The summed E-state index contributed by atoms with van der Waals surface area (Å²) in [7, 11) is 0. The van der Waals surface area contributed by atoms with Crippen molar-refractivity contribution in [2.75, 3.05) is 0 Å². The van der Waals surface area contributed by atoms with Crippen molar-refractivity contribution in [3.8, 4) is 5.75 Å². The molecule has 2 aromatic rings. The van der Waals surface area contributed by atoms with E-state index in [-0.39, 0.29) is 11.3 Å². The summed E-state index contributed by atoms with van der Waals surface area (Å²) in [5, 5.41) is 0. The molecule has 0 saturated carbocycles. The first-order valence-corrected chi connectivity index (χ1v) is 4.47. The summed E-state index contributed by atoms with van der Waals surface area (Å²) in [6, 6.07) is 8.28. The Labute approximate surface area is 85.7 Å². The molecule has 0 spiro atoms. The molecule has 2 aromatic heterocycles. The number of pyridine rings is 2. The standard InChI is InChI=1S/C11H9NO3/c1-8(13)15-10-6-9-4-2-3-5-12(9)11(14)7-10/h2-7H,1H3. The maximum Gasteiger partial charge on any atom is 0.308 e. The van der Waals surface area contributed by atoms with Crippen LogP contribution >= 0.6 is 0 Å². The van der Waals surface area contributed by atoms with Gasteiger partial charge in [0.1, 0.15) is 5.75 Å². The first kappa shape index (κ1) is 9.45. The maximum atomic E-state index is 11.6. The molecule has 0 atom stereocenters. The van der Waals surface area contributed by atoms with Gasteiger partial charge in [-0.05, 0) is 12.1 Å². The third-order valence-corrected chi connectivity index (χ3v) is 1.95. The topological polar surface area (TPSA) is 47.8 Å². The summed E-state index contributed by atoms with van der Waals surface area (Å²) in [4.78, 5) is 22.3. The summed E-state index contributed by atoms with van der Waals surface area (Å²) >= 11 is 0. The largest absolute Gasteiger partial charge is 0.426 e. The molecule has 0 N–H and O–H groups in total. The van der Waals surface area contributed by atoms with Crippen molar-refractivity contribution < 1.29 is 9.53 Å². The van der Waals surface area contributed by atoms with Gasteiger partial charge >= 0.3 is 5.97 Å². The van der Waals surface area contributed by atoms with Crippen molar-refractivity contribution >= 4 is 11.5 Å². The second-order valence-electron chi connectivity index (χ2n) is 3.12. The van der Waals surface area contributed by atoms with E-state index in [1.165, 1.54) is 17.4 Å². The number of hydrogen-bond acceptors (Lipinski definition) is 3. The molecular weight excluding hydrogens is 194 g/mol.